The van der Waals surface area contributed by atoms with Crippen LogP contribution >= 0.6 is 22.9 Å². The van der Waals surface area contributed by atoms with Gasteiger partial charge < -0.3 is 4.74 Å². The molecule has 0 unspecified atom stereocenters. The summed E-state index contributed by atoms with van der Waals surface area (Å²) in [4.78, 5) is 25.7. The summed E-state index contributed by atoms with van der Waals surface area (Å²) in [5.74, 6) is 3.16. The van der Waals surface area contributed by atoms with E-state index in [2.05, 4.69) is 41.5 Å². The van der Waals surface area contributed by atoms with Crippen molar-refractivity contribution >= 4 is 52.9 Å². The highest BCUT2D eigenvalue weighted by Crippen LogP contribution is 2.30. The number of hydrogen-bond donors (Lipinski definition) is 1. The Kier molecular flexibility index (Phi) is 6.32. The number of hydrogen-bond acceptors (Lipinski definition) is 5. The largest absolute Gasteiger partial charge is 0.444 e. The van der Waals surface area contributed by atoms with Gasteiger partial charge in [0.2, 0.25) is 0 Å². The molecule has 31 heavy (non-hydrogen) atoms. The molecular weight excluding hydrogens is 450 g/mol. The quantitative estimate of drug-likeness (QED) is 0.384. The van der Waals surface area contributed by atoms with Crippen molar-refractivity contribution < 1.29 is 9.53 Å². The van der Waals surface area contributed by atoms with Gasteiger partial charge in [0.05, 0.1) is 11.1 Å². The summed E-state index contributed by atoms with van der Waals surface area (Å²) in [5, 5.41) is 10.9. The molecule has 1 N–H and O–H groups in total. The number of ether oxygens (including phenoxy) is 1. The third kappa shape index (κ3) is 5.76. The summed E-state index contributed by atoms with van der Waals surface area (Å²) in [7, 11) is -1.68. The third-order valence-corrected chi connectivity index (χ3v) is 5.92. The fraction of sp³-hybridized carbons (Fsp3) is 0.318. The maximum atomic E-state index is 13.4. The lowest BCUT2D eigenvalue weighted by atomic mass is 10.2. The topological polar surface area (TPSA) is 73.2 Å². The standard InChI is InChI=1S/C22H24ClN3O3SSi/c1-22(2,3)29-21(28)24-19-18-16(13-30-19)17(11-12-31(4,5)6)25-26(20(18)27)15-9-7-14(23)8-10-15/h7-10,13H,1-6H3,(H,24,28). The summed E-state index contributed by atoms with van der Waals surface area (Å²) in [5.41, 5.74) is 3.33. The van der Waals surface area contributed by atoms with Crippen LogP contribution in [0.5, 0.6) is 0 Å². The van der Waals surface area contributed by atoms with E-state index >= 15 is 0 Å². The molecular formula is C22H24ClN3O3SSi. The van der Waals surface area contributed by atoms with Crippen molar-refractivity contribution in [1.29, 1.82) is 0 Å². The Hall–Kier alpha value is -2.60. The minimum absolute atomic E-state index is 0.348. The number of thiophene rings is 1. The lowest BCUT2D eigenvalue weighted by molar-refractivity contribution is 0.0636. The molecule has 0 aliphatic carbocycles. The average molecular weight is 474 g/mol. The van der Waals surface area contributed by atoms with E-state index in [1.165, 1.54) is 16.0 Å². The zero-order valence-corrected chi connectivity index (χ0v) is 20.9. The highest BCUT2D eigenvalue weighted by atomic mass is 35.5. The molecule has 6 nitrogen and oxygen atoms in total. The Labute approximate surface area is 191 Å². The number of rotatable bonds is 2. The van der Waals surface area contributed by atoms with Crippen LogP contribution in [0.2, 0.25) is 24.7 Å². The van der Waals surface area contributed by atoms with E-state index in [1.54, 1.807) is 50.4 Å². The van der Waals surface area contributed by atoms with Gasteiger partial charge in [0, 0.05) is 15.8 Å². The maximum absolute atomic E-state index is 13.4. The van der Waals surface area contributed by atoms with Crippen LogP contribution in [-0.4, -0.2) is 29.5 Å². The van der Waals surface area contributed by atoms with Crippen molar-refractivity contribution in [2.75, 3.05) is 5.32 Å². The molecule has 0 fully saturated rings. The van der Waals surface area contributed by atoms with Crippen LogP contribution in [0.1, 0.15) is 26.5 Å². The number of carbonyl (C=O) groups excluding carboxylic acids is 1. The number of carbonyl (C=O) groups is 1. The molecule has 0 saturated carbocycles. The molecule has 1 amide bonds. The molecule has 1 aromatic carbocycles. The summed E-state index contributed by atoms with van der Waals surface area (Å²) < 4.78 is 6.64. The third-order valence-electron chi connectivity index (χ3n) is 3.89. The van der Waals surface area contributed by atoms with Gasteiger partial charge in [0.25, 0.3) is 5.56 Å². The number of aromatic nitrogens is 2. The molecule has 0 atom stereocenters. The van der Waals surface area contributed by atoms with Gasteiger partial charge in [-0.25, -0.2) is 4.79 Å². The fourth-order valence-electron chi connectivity index (χ4n) is 2.63. The molecule has 2 aromatic heterocycles. The number of nitrogens with zero attached hydrogens (tertiary/aromatic N) is 2. The highest BCUT2D eigenvalue weighted by Gasteiger charge is 2.21. The lowest BCUT2D eigenvalue weighted by Gasteiger charge is -2.19. The van der Waals surface area contributed by atoms with Crippen LogP contribution in [0.15, 0.2) is 34.4 Å². The first kappa shape index (κ1) is 23.1. The number of halogens is 1. The van der Waals surface area contributed by atoms with Crippen LogP contribution in [0.3, 0.4) is 0 Å². The van der Waals surface area contributed by atoms with Crippen LogP contribution in [0.25, 0.3) is 16.5 Å². The van der Waals surface area contributed by atoms with E-state index in [-0.39, 0.29) is 5.56 Å². The minimum atomic E-state index is -1.68. The first-order valence-electron chi connectivity index (χ1n) is 9.68. The first-order valence-corrected chi connectivity index (χ1v) is 14.4. The van der Waals surface area contributed by atoms with Crippen molar-refractivity contribution in [2.24, 2.45) is 0 Å². The summed E-state index contributed by atoms with van der Waals surface area (Å²) in [6, 6.07) is 6.81. The zero-order valence-electron chi connectivity index (χ0n) is 18.3. The molecule has 3 aromatic rings. The smallest absolute Gasteiger partial charge is 0.412 e. The Morgan fingerprint density at radius 2 is 1.87 bits per heavy atom. The van der Waals surface area contributed by atoms with Crippen molar-refractivity contribution in [3.8, 4) is 17.2 Å². The number of benzene rings is 1. The van der Waals surface area contributed by atoms with E-state index in [4.69, 9.17) is 16.3 Å². The van der Waals surface area contributed by atoms with Crippen LogP contribution < -0.4 is 10.9 Å². The highest BCUT2D eigenvalue weighted by molar-refractivity contribution is 7.16. The summed E-state index contributed by atoms with van der Waals surface area (Å²) in [6.07, 6.45) is -0.625. The Morgan fingerprint density at radius 1 is 1.23 bits per heavy atom. The molecule has 0 saturated heterocycles. The van der Waals surface area contributed by atoms with E-state index < -0.39 is 19.8 Å². The van der Waals surface area contributed by atoms with Crippen molar-refractivity contribution in [1.82, 2.24) is 9.78 Å². The molecule has 0 aliphatic rings. The zero-order chi connectivity index (χ0) is 23.0. The summed E-state index contributed by atoms with van der Waals surface area (Å²) >= 11 is 7.24. The Balaban J connectivity index is 2.21. The van der Waals surface area contributed by atoms with Crippen LogP contribution in [-0.2, 0) is 4.74 Å². The predicted octanol–water partition coefficient (Wildman–Crippen LogP) is 5.68. The molecule has 0 bridgehead atoms. The molecule has 3 rings (SSSR count). The van der Waals surface area contributed by atoms with Crippen LogP contribution in [0, 0.1) is 11.5 Å². The van der Waals surface area contributed by atoms with Gasteiger partial charge in [-0.05, 0) is 45.0 Å². The maximum Gasteiger partial charge on any atom is 0.412 e. The molecule has 0 aliphatic heterocycles. The second kappa shape index (κ2) is 8.50. The van der Waals surface area contributed by atoms with Gasteiger partial charge in [-0.15, -0.1) is 16.9 Å². The van der Waals surface area contributed by atoms with Crippen molar-refractivity contribution in [3.05, 3.63) is 50.7 Å². The van der Waals surface area contributed by atoms with Gasteiger partial charge in [-0.3, -0.25) is 10.1 Å². The lowest BCUT2D eigenvalue weighted by Crippen LogP contribution is -2.28. The fourth-order valence-corrected chi connectivity index (χ4v) is 4.18. The van der Waals surface area contributed by atoms with E-state index in [9.17, 15) is 9.59 Å². The van der Waals surface area contributed by atoms with Gasteiger partial charge in [0.15, 0.2) is 0 Å². The normalized spacial score (nSPS) is 11.7. The van der Waals surface area contributed by atoms with Gasteiger partial charge in [-0.1, -0.05) is 37.2 Å². The molecule has 0 spiro atoms. The SMILES string of the molecule is CC(C)(C)OC(=O)Nc1scc2c(C#C[Si](C)(C)C)nn(-c3ccc(Cl)cc3)c(=O)c12. The average Bonchev–Trinajstić information content (AvgIpc) is 3.04. The Morgan fingerprint density at radius 3 is 2.45 bits per heavy atom. The monoisotopic (exact) mass is 473 g/mol. The van der Waals surface area contributed by atoms with Gasteiger partial charge in [-0.2, -0.15) is 9.78 Å². The number of fused-ring (bicyclic) bond motifs is 1. The number of amides is 1. The van der Waals surface area contributed by atoms with E-state index in [0.29, 0.717) is 32.2 Å². The molecule has 0 radical (unpaired) electrons. The van der Waals surface area contributed by atoms with Crippen molar-refractivity contribution in [2.45, 2.75) is 46.0 Å². The predicted molar refractivity (Wildman–Crippen MR) is 130 cm³/mol. The van der Waals surface area contributed by atoms with E-state index in [0.717, 1.165) is 0 Å². The van der Waals surface area contributed by atoms with Crippen LogP contribution in [0.4, 0.5) is 9.80 Å². The molecule has 9 heteroatoms. The number of anilines is 1. The van der Waals surface area contributed by atoms with Gasteiger partial charge in [0.1, 0.15) is 24.4 Å². The van der Waals surface area contributed by atoms with E-state index in [1.807, 2.05) is 0 Å². The van der Waals surface area contributed by atoms with Gasteiger partial charge >= 0.3 is 6.09 Å². The van der Waals surface area contributed by atoms with Crippen molar-refractivity contribution in [3.63, 3.8) is 0 Å². The Bertz CT molecular complexity index is 1260. The summed E-state index contributed by atoms with van der Waals surface area (Å²) in [6.45, 7) is 11.7. The number of nitrogens with one attached hydrogen (secondary N) is 1. The minimum Gasteiger partial charge on any atom is -0.444 e. The molecule has 2 heterocycles. The molecule has 162 valence electrons. The first-order chi connectivity index (χ1) is 14.3. The second-order valence-electron chi connectivity index (χ2n) is 9.02. The second-order valence-corrected chi connectivity index (χ2v) is 15.1.